The number of rotatable bonds is 2. The van der Waals surface area contributed by atoms with Gasteiger partial charge in [0.1, 0.15) is 0 Å². The number of halogens is 2. The van der Waals surface area contributed by atoms with Crippen molar-refractivity contribution in [3.05, 3.63) is 28.2 Å². The molecule has 106 valence electrons. The number of hydrogen-bond donors (Lipinski definition) is 2. The Morgan fingerprint density at radius 3 is 2.89 bits per heavy atom. The molecule has 3 N–H and O–H groups in total. The molecule has 1 atom stereocenters. The molecule has 1 heterocycles. The van der Waals surface area contributed by atoms with Gasteiger partial charge in [-0.15, -0.1) is 12.4 Å². The molecule has 1 saturated heterocycles. The third-order valence-corrected chi connectivity index (χ3v) is 3.54. The van der Waals surface area contributed by atoms with Gasteiger partial charge in [-0.3, -0.25) is 4.79 Å². The van der Waals surface area contributed by atoms with Gasteiger partial charge < -0.3 is 15.8 Å². The number of ether oxygens (including phenoxy) is 1. The fourth-order valence-electron chi connectivity index (χ4n) is 2.05. The second kappa shape index (κ2) is 7.72. The largest absolute Gasteiger partial charge is 0.398 e. The number of carbonyl (C=O) groups is 1. The van der Waals surface area contributed by atoms with Crippen LogP contribution < -0.4 is 11.1 Å². The molecule has 1 aliphatic heterocycles. The van der Waals surface area contributed by atoms with Crippen molar-refractivity contribution in [3.63, 3.8) is 0 Å². The molecule has 0 saturated carbocycles. The smallest absolute Gasteiger partial charge is 0.253 e. The molecule has 1 amide bonds. The van der Waals surface area contributed by atoms with E-state index in [1.54, 1.807) is 12.1 Å². The number of hydrogen-bond acceptors (Lipinski definition) is 3. The molecule has 0 aliphatic carbocycles. The van der Waals surface area contributed by atoms with E-state index >= 15 is 0 Å². The van der Waals surface area contributed by atoms with E-state index in [4.69, 9.17) is 10.5 Å². The quantitative estimate of drug-likeness (QED) is 0.807. The van der Waals surface area contributed by atoms with Crippen LogP contribution in [0.1, 0.15) is 29.6 Å². The molecule has 0 radical (unpaired) electrons. The van der Waals surface area contributed by atoms with Gasteiger partial charge in [0.15, 0.2) is 0 Å². The van der Waals surface area contributed by atoms with E-state index in [1.807, 2.05) is 6.07 Å². The van der Waals surface area contributed by atoms with Crippen LogP contribution in [-0.2, 0) is 4.74 Å². The summed E-state index contributed by atoms with van der Waals surface area (Å²) >= 11 is 3.33. The van der Waals surface area contributed by atoms with Gasteiger partial charge in [0.05, 0.1) is 5.56 Å². The van der Waals surface area contributed by atoms with Gasteiger partial charge in [0, 0.05) is 29.4 Å². The fourth-order valence-corrected chi connectivity index (χ4v) is 2.43. The van der Waals surface area contributed by atoms with Crippen LogP contribution in [-0.4, -0.2) is 25.2 Å². The van der Waals surface area contributed by atoms with Crippen LogP contribution in [0.5, 0.6) is 0 Å². The minimum Gasteiger partial charge on any atom is -0.398 e. The molecular formula is C13H18BrClN2O2. The lowest BCUT2D eigenvalue weighted by Gasteiger charge is -2.16. The number of nitrogen functional groups attached to an aromatic ring is 1. The molecule has 4 nitrogen and oxygen atoms in total. The molecular weight excluding hydrogens is 332 g/mol. The summed E-state index contributed by atoms with van der Waals surface area (Å²) in [5, 5.41) is 3.02. The monoisotopic (exact) mass is 348 g/mol. The van der Waals surface area contributed by atoms with Crippen molar-refractivity contribution >= 4 is 39.9 Å². The summed E-state index contributed by atoms with van der Waals surface area (Å²) in [4.78, 5) is 12.1. The maximum absolute atomic E-state index is 12.1. The highest BCUT2D eigenvalue weighted by atomic mass is 79.9. The Balaban J connectivity index is 0.00000180. The fraction of sp³-hybridized carbons (Fsp3) is 0.462. The Labute approximate surface area is 127 Å². The summed E-state index contributed by atoms with van der Waals surface area (Å²) in [5.41, 5.74) is 6.87. The van der Waals surface area contributed by atoms with Crippen LogP contribution in [0.25, 0.3) is 0 Å². The van der Waals surface area contributed by atoms with E-state index < -0.39 is 0 Å². The highest BCUT2D eigenvalue weighted by Crippen LogP contribution is 2.19. The first kappa shape index (κ1) is 16.3. The molecule has 0 spiro atoms. The van der Waals surface area contributed by atoms with Crippen LogP contribution in [0.4, 0.5) is 5.69 Å². The Morgan fingerprint density at radius 2 is 2.16 bits per heavy atom. The number of amides is 1. The zero-order valence-corrected chi connectivity index (χ0v) is 12.9. The molecule has 1 unspecified atom stereocenters. The highest BCUT2D eigenvalue weighted by molar-refractivity contribution is 9.10. The van der Waals surface area contributed by atoms with Crippen molar-refractivity contribution in [2.24, 2.45) is 0 Å². The zero-order chi connectivity index (χ0) is 13.0. The average molecular weight is 350 g/mol. The molecule has 1 aliphatic rings. The summed E-state index contributed by atoms with van der Waals surface area (Å²) < 4.78 is 6.24. The molecule has 2 rings (SSSR count). The highest BCUT2D eigenvalue weighted by Gasteiger charge is 2.17. The number of anilines is 1. The van der Waals surface area contributed by atoms with Crippen molar-refractivity contribution in [3.8, 4) is 0 Å². The van der Waals surface area contributed by atoms with Crippen LogP contribution >= 0.6 is 28.3 Å². The Bertz CT molecular complexity index is 435. The first-order valence-electron chi connectivity index (χ1n) is 6.10. The first-order chi connectivity index (χ1) is 8.66. The molecule has 0 aromatic heterocycles. The van der Waals surface area contributed by atoms with Gasteiger partial charge in [-0.05, 0) is 37.5 Å². The maximum atomic E-state index is 12.1. The molecule has 19 heavy (non-hydrogen) atoms. The van der Waals surface area contributed by atoms with E-state index in [1.165, 1.54) is 0 Å². The van der Waals surface area contributed by atoms with Crippen molar-refractivity contribution < 1.29 is 9.53 Å². The van der Waals surface area contributed by atoms with E-state index in [0.717, 1.165) is 30.3 Å². The summed E-state index contributed by atoms with van der Waals surface area (Å²) in [5.74, 6) is -0.105. The second-order valence-corrected chi connectivity index (χ2v) is 5.36. The zero-order valence-electron chi connectivity index (χ0n) is 10.5. The predicted octanol–water partition coefficient (Wildman–Crippen LogP) is 2.75. The minimum absolute atomic E-state index is 0. The van der Waals surface area contributed by atoms with Gasteiger partial charge in [-0.2, -0.15) is 0 Å². The van der Waals surface area contributed by atoms with E-state index in [2.05, 4.69) is 21.2 Å². The first-order valence-corrected chi connectivity index (χ1v) is 6.90. The van der Waals surface area contributed by atoms with Gasteiger partial charge in [0.25, 0.3) is 5.91 Å². The van der Waals surface area contributed by atoms with E-state index in [-0.39, 0.29) is 24.4 Å². The van der Waals surface area contributed by atoms with E-state index in [0.29, 0.717) is 17.9 Å². The van der Waals surface area contributed by atoms with Crippen molar-refractivity contribution in [2.45, 2.75) is 25.3 Å². The Morgan fingerprint density at radius 1 is 1.37 bits per heavy atom. The normalized spacial score (nSPS) is 19.1. The topological polar surface area (TPSA) is 64.4 Å². The SMILES string of the molecule is Cl.Nc1cc(Br)ccc1C(=O)NC1CCCOCC1. The minimum atomic E-state index is -0.105. The third-order valence-electron chi connectivity index (χ3n) is 3.05. The van der Waals surface area contributed by atoms with Crippen LogP contribution in [0.15, 0.2) is 22.7 Å². The number of carbonyl (C=O) groups excluding carboxylic acids is 1. The average Bonchev–Trinajstić information content (AvgIpc) is 2.57. The maximum Gasteiger partial charge on any atom is 0.253 e. The summed E-state index contributed by atoms with van der Waals surface area (Å²) in [7, 11) is 0. The summed E-state index contributed by atoms with van der Waals surface area (Å²) in [6.45, 7) is 1.49. The molecule has 1 aromatic carbocycles. The summed E-state index contributed by atoms with van der Waals surface area (Å²) in [6, 6.07) is 5.48. The van der Waals surface area contributed by atoms with Gasteiger partial charge in [0.2, 0.25) is 0 Å². The number of nitrogens with one attached hydrogen (secondary N) is 1. The number of benzene rings is 1. The lowest BCUT2D eigenvalue weighted by Crippen LogP contribution is -2.35. The summed E-state index contributed by atoms with van der Waals surface area (Å²) in [6.07, 6.45) is 2.81. The third kappa shape index (κ3) is 4.67. The van der Waals surface area contributed by atoms with E-state index in [9.17, 15) is 4.79 Å². The second-order valence-electron chi connectivity index (χ2n) is 4.45. The van der Waals surface area contributed by atoms with Gasteiger partial charge in [-0.25, -0.2) is 0 Å². The Hall–Kier alpha value is -0.780. The van der Waals surface area contributed by atoms with Crippen molar-refractivity contribution in [2.75, 3.05) is 18.9 Å². The molecule has 1 aromatic rings. The molecule has 0 bridgehead atoms. The van der Waals surface area contributed by atoms with Gasteiger partial charge in [-0.1, -0.05) is 15.9 Å². The standard InChI is InChI=1S/C13H17BrN2O2.ClH/c14-9-3-4-11(12(15)8-9)13(17)16-10-2-1-6-18-7-5-10;/h3-4,8,10H,1-2,5-7,15H2,(H,16,17);1H. The lowest BCUT2D eigenvalue weighted by atomic mass is 10.1. The molecule has 1 fully saturated rings. The molecule has 6 heteroatoms. The Kier molecular flexibility index (Phi) is 6.62. The van der Waals surface area contributed by atoms with Crippen LogP contribution in [0.3, 0.4) is 0 Å². The predicted molar refractivity (Wildman–Crippen MR) is 81.7 cm³/mol. The number of nitrogens with two attached hydrogens (primary N) is 1. The van der Waals surface area contributed by atoms with Gasteiger partial charge >= 0.3 is 0 Å². The van der Waals surface area contributed by atoms with Crippen molar-refractivity contribution in [1.29, 1.82) is 0 Å². The lowest BCUT2D eigenvalue weighted by molar-refractivity contribution is 0.0930. The van der Waals surface area contributed by atoms with Crippen LogP contribution in [0.2, 0.25) is 0 Å². The van der Waals surface area contributed by atoms with Crippen LogP contribution in [0, 0.1) is 0 Å². The van der Waals surface area contributed by atoms with Crippen molar-refractivity contribution in [1.82, 2.24) is 5.32 Å².